The summed E-state index contributed by atoms with van der Waals surface area (Å²) in [6.45, 7) is 7.09. The van der Waals surface area contributed by atoms with Crippen LogP contribution >= 0.6 is 0 Å². The molecule has 0 radical (unpaired) electrons. The molecule has 0 aliphatic heterocycles. The van der Waals surface area contributed by atoms with E-state index in [-0.39, 0.29) is 5.91 Å². The molecule has 3 nitrogen and oxygen atoms in total. The Morgan fingerprint density at radius 3 is 2.85 bits per heavy atom. The van der Waals surface area contributed by atoms with E-state index in [1.54, 1.807) is 13.1 Å². The number of hydrogen-bond acceptors (Lipinski definition) is 2. The molecular formula is C10H12N2O. The second-order valence-corrected chi connectivity index (χ2v) is 2.90. The Kier molecular flexibility index (Phi) is 2.80. The van der Waals surface area contributed by atoms with Crippen LogP contribution in [0.2, 0.25) is 0 Å². The van der Waals surface area contributed by atoms with Crippen LogP contribution < -0.4 is 5.32 Å². The SMILES string of the molecule is C=C(C)C(=O)Nc1ncccc1C. The van der Waals surface area contributed by atoms with E-state index in [0.29, 0.717) is 11.4 Å². The molecule has 0 spiro atoms. The fourth-order valence-electron chi connectivity index (χ4n) is 0.831. The number of pyridine rings is 1. The van der Waals surface area contributed by atoms with E-state index >= 15 is 0 Å². The van der Waals surface area contributed by atoms with Crippen LogP contribution in [0.3, 0.4) is 0 Å². The highest BCUT2D eigenvalue weighted by Crippen LogP contribution is 2.09. The maximum atomic E-state index is 11.2. The van der Waals surface area contributed by atoms with Crippen molar-refractivity contribution in [1.29, 1.82) is 0 Å². The van der Waals surface area contributed by atoms with Crippen molar-refractivity contribution in [3.05, 3.63) is 36.0 Å². The highest BCUT2D eigenvalue weighted by Gasteiger charge is 2.04. The van der Waals surface area contributed by atoms with Gasteiger partial charge in [0.25, 0.3) is 5.91 Å². The van der Waals surface area contributed by atoms with Gasteiger partial charge in [-0.3, -0.25) is 4.79 Å². The summed E-state index contributed by atoms with van der Waals surface area (Å²) in [5.41, 5.74) is 1.42. The summed E-state index contributed by atoms with van der Waals surface area (Å²) < 4.78 is 0. The zero-order valence-electron chi connectivity index (χ0n) is 7.79. The zero-order chi connectivity index (χ0) is 9.84. The lowest BCUT2D eigenvalue weighted by atomic mass is 10.2. The molecule has 0 fully saturated rings. The van der Waals surface area contributed by atoms with Crippen molar-refractivity contribution in [2.45, 2.75) is 13.8 Å². The minimum Gasteiger partial charge on any atom is -0.307 e. The second-order valence-electron chi connectivity index (χ2n) is 2.90. The van der Waals surface area contributed by atoms with Crippen LogP contribution in [0, 0.1) is 6.92 Å². The zero-order valence-corrected chi connectivity index (χ0v) is 7.79. The lowest BCUT2D eigenvalue weighted by Gasteiger charge is -2.05. The van der Waals surface area contributed by atoms with Crippen LogP contribution in [-0.4, -0.2) is 10.9 Å². The van der Waals surface area contributed by atoms with Crippen LogP contribution in [0.15, 0.2) is 30.5 Å². The molecule has 0 unspecified atom stereocenters. The standard InChI is InChI=1S/C10H12N2O/c1-7(2)10(13)12-9-8(3)5-4-6-11-9/h4-6H,1H2,2-3H3,(H,11,12,13). The molecule has 1 rings (SSSR count). The summed E-state index contributed by atoms with van der Waals surface area (Å²) in [6, 6.07) is 3.72. The van der Waals surface area contributed by atoms with E-state index in [9.17, 15) is 4.79 Å². The molecule has 68 valence electrons. The Morgan fingerprint density at radius 2 is 2.31 bits per heavy atom. The molecule has 13 heavy (non-hydrogen) atoms. The Labute approximate surface area is 77.5 Å². The first kappa shape index (κ1) is 9.45. The normalized spacial score (nSPS) is 9.38. The van der Waals surface area contributed by atoms with E-state index < -0.39 is 0 Å². The van der Waals surface area contributed by atoms with E-state index in [4.69, 9.17) is 0 Å². The van der Waals surface area contributed by atoms with Gasteiger partial charge in [0.1, 0.15) is 5.82 Å². The fourth-order valence-corrected chi connectivity index (χ4v) is 0.831. The quantitative estimate of drug-likeness (QED) is 0.699. The van der Waals surface area contributed by atoms with Crippen LogP contribution in [0.4, 0.5) is 5.82 Å². The number of rotatable bonds is 2. The Bertz CT molecular complexity index is 345. The first-order valence-corrected chi connectivity index (χ1v) is 3.99. The molecule has 1 aromatic rings. The van der Waals surface area contributed by atoms with Crippen molar-refractivity contribution in [3.8, 4) is 0 Å². The average Bonchev–Trinajstić information content (AvgIpc) is 2.08. The van der Waals surface area contributed by atoms with E-state index in [0.717, 1.165) is 5.56 Å². The third kappa shape index (κ3) is 2.40. The summed E-state index contributed by atoms with van der Waals surface area (Å²) in [6.07, 6.45) is 1.64. The molecule has 1 amide bonds. The van der Waals surface area contributed by atoms with Crippen molar-refractivity contribution in [2.75, 3.05) is 5.32 Å². The number of aryl methyl sites for hydroxylation is 1. The smallest absolute Gasteiger partial charge is 0.251 e. The minimum atomic E-state index is -0.193. The molecule has 1 N–H and O–H groups in total. The molecule has 0 aromatic carbocycles. The number of carbonyl (C=O) groups is 1. The van der Waals surface area contributed by atoms with Gasteiger partial charge in [-0.1, -0.05) is 12.6 Å². The van der Waals surface area contributed by atoms with Gasteiger partial charge in [-0.05, 0) is 25.5 Å². The van der Waals surface area contributed by atoms with E-state index in [1.807, 2.05) is 19.1 Å². The monoisotopic (exact) mass is 176 g/mol. The van der Waals surface area contributed by atoms with Gasteiger partial charge >= 0.3 is 0 Å². The van der Waals surface area contributed by atoms with Crippen molar-refractivity contribution in [1.82, 2.24) is 4.98 Å². The van der Waals surface area contributed by atoms with Crippen LogP contribution in [0.25, 0.3) is 0 Å². The third-order valence-electron chi connectivity index (χ3n) is 1.63. The molecule has 0 aliphatic carbocycles. The summed E-state index contributed by atoms with van der Waals surface area (Å²) in [4.78, 5) is 15.2. The molecule has 0 bridgehead atoms. The summed E-state index contributed by atoms with van der Waals surface area (Å²) >= 11 is 0. The molecule has 1 aromatic heterocycles. The molecular weight excluding hydrogens is 164 g/mol. The summed E-state index contributed by atoms with van der Waals surface area (Å²) in [5.74, 6) is 0.400. The molecule has 0 atom stereocenters. The number of nitrogens with one attached hydrogen (secondary N) is 1. The summed E-state index contributed by atoms with van der Waals surface area (Å²) in [5, 5.41) is 2.66. The number of amides is 1. The second kappa shape index (κ2) is 3.85. The lowest BCUT2D eigenvalue weighted by molar-refractivity contribution is -0.112. The Balaban J connectivity index is 2.81. The van der Waals surface area contributed by atoms with Gasteiger partial charge in [0.15, 0.2) is 0 Å². The predicted octanol–water partition coefficient (Wildman–Crippen LogP) is 1.90. The van der Waals surface area contributed by atoms with Gasteiger partial charge in [-0.2, -0.15) is 0 Å². The van der Waals surface area contributed by atoms with Gasteiger partial charge in [-0.15, -0.1) is 0 Å². The third-order valence-corrected chi connectivity index (χ3v) is 1.63. The number of nitrogens with zero attached hydrogens (tertiary/aromatic N) is 1. The van der Waals surface area contributed by atoms with Crippen LogP contribution in [0.5, 0.6) is 0 Å². The molecule has 0 aliphatic rings. The number of carbonyl (C=O) groups excluding carboxylic acids is 1. The van der Waals surface area contributed by atoms with Gasteiger partial charge in [0.05, 0.1) is 0 Å². The molecule has 3 heteroatoms. The van der Waals surface area contributed by atoms with Crippen LogP contribution in [0.1, 0.15) is 12.5 Å². The Hall–Kier alpha value is -1.64. The first-order chi connectivity index (χ1) is 6.11. The van der Waals surface area contributed by atoms with Crippen LogP contribution in [-0.2, 0) is 4.79 Å². The highest BCUT2D eigenvalue weighted by molar-refractivity contribution is 6.02. The van der Waals surface area contributed by atoms with Crippen molar-refractivity contribution in [3.63, 3.8) is 0 Å². The van der Waals surface area contributed by atoms with E-state index in [1.165, 1.54) is 0 Å². The van der Waals surface area contributed by atoms with Crippen molar-refractivity contribution < 1.29 is 4.79 Å². The van der Waals surface area contributed by atoms with Gasteiger partial charge in [0.2, 0.25) is 0 Å². The topological polar surface area (TPSA) is 42.0 Å². The number of hydrogen-bond donors (Lipinski definition) is 1. The average molecular weight is 176 g/mol. The largest absolute Gasteiger partial charge is 0.307 e. The summed E-state index contributed by atoms with van der Waals surface area (Å²) in [7, 11) is 0. The lowest BCUT2D eigenvalue weighted by Crippen LogP contribution is -2.13. The van der Waals surface area contributed by atoms with E-state index in [2.05, 4.69) is 16.9 Å². The van der Waals surface area contributed by atoms with Crippen molar-refractivity contribution >= 4 is 11.7 Å². The molecule has 0 saturated heterocycles. The maximum absolute atomic E-state index is 11.2. The predicted molar refractivity (Wildman–Crippen MR) is 52.4 cm³/mol. The number of anilines is 1. The minimum absolute atomic E-state index is 0.193. The maximum Gasteiger partial charge on any atom is 0.251 e. The molecule has 0 saturated carbocycles. The first-order valence-electron chi connectivity index (χ1n) is 3.99. The fraction of sp³-hybridized carbons (Fsp3) is 0.200. The molecule has 1 heterocycles. The van der Waals surface area contributed by atoms with Gasteiger partial charge < -0.3 is 5.32 Å². The van der Waals surface area contributed by atoms with Gasteiger partial charge in [-0.25, -0.2) is 4.98 Å². The Morgan fingerprint density at radius 1 is 1.62 bits per heavy atom. The highest BCUT2D eigenvalue weighted by atomic mass is 16.1. The van der Waals surface area contributed by atoms with Gasteiger partial charge in [0, 0.05) is 11.8 Å². The number of aromatic nitrogens is 1. The van der Waals surface area contributed by atoms with Crippen molar-refractivity contribution in [2.24, 2.45) is 0 Å².